The number of hydrogen-bond donors (Lipinski definition) is 1. The lowest BCUT2D eigenvalue weighted by molar-refractivity contribution is 0.0651. The summed E-state index contributed by atoms with van der Waals surface area (Å²) in [5, 5.41) is 0. The molecule has 126 valence electrons. The van der Waals surface area contributed by atoms with Gasteiger partial charge in [0.25, 0.3) is 11.8 Å². The largest absolute Gasteiger partial charge is 0.274 e. The van der Waals surface area contributed by atoms with Crippen molar-refractivity contribution >= 4 is 24.4 Å². The maximum Gasteiger partial charge on any atom is 0.261 e. The molecule has 1 aromatic carbocycles. The first kappa shape index (κ1) is 18.1. The highest BCUT2D eigenvalue weighted by atomic mass is 32.1. The third kappa shape index (κ3) is 5.10. The summed E-state index contributed by atoms with van der Waals surface area (Å²) in [7, 11) is 0. The monoisotopic (exact) mass is 333 g/mol. The van der Waals surface area contributed by atoms with Crippen molar-refractivity contribution in [3.63, 3.8) is 0 Å². The van der Waals surface area contributed by atoms with Crippen molar-refractivity contribution in [1.82, 2.24) is 4.90 Å². The maximum atomic E-state index is 12.2. The first-order valence-corrected chi connectivity index (χ1v) is 9.45. The van der Waals surface area contributed by atoms with Crippen LogP contribution in [0.3, 0.4) is 0 Å². The van der Waals surface area contributed by atoms with Gasteiger partial charge in [-0.1, -0.05) is 57.1 Å². The van der Waals surface area contributed by atoms with Crippen LogP contribution in [0.25, 0.3) is 0 Å². The lowest BCUT2D eigenvalue weighted by Gasteiger charge is -2.13. The van der Waals surface area contributed by atoms with Crippen LogP contribution in [0.5, 0.6) is 0 Å². The lowest BCUT2D eigenvalue weighted by atomic mass is 10.1. The van der Waals surface area contributed by atoms with E-state index in [2.05, 4.69) is 12.6 Å². The van der Waals surface area contributed by atoms with E-state index >= 15 is 0 Å². The Morgan fingerprint density at radius 2 is 1.13 bits per heavy atom. The van der Waals surface area contributed by atoms with Gasteiger partial charge >= 0.3 is 0 Å². The zero-order chi connectivity index (χ0) is 16.5. The summed E-state index contributed by atoms with van der Waals surface area (Å²) in [6.45, 7) is 0.550. The molecule has 0 saturated heterocycles. The summed E-state index contributed by atoms with van der Waals surface area (Å²) in [4.78, 5) is 25.8. The zero-order valence-corrected chi connectivity index (χ0v) is 14.7. The molecule has 0 radical (unpaired) electrons. The number of nitrogens with zero attached hydrogens (tertiary/aromatic N) is 1. The van der Waals surface area contributed by atoms with Gasteiger partial charge in [0.15, 0.2) is 0 Å². The number of benzene rings is 1. The molecule has 1 aliphatic heterocycles. The molecule has 1 aromatic rings. The molecular weight excluding hydrogens is 306 g/mol. The Labute approximate surface area is 144 Å². The Morgan fingerprint density at radius 1 is 0.696 bits per heavy atom. The fraction of sp³-hybridized carbons (Fsp3) is 0.579. The SMILES string of the molecule is O=C1c2ccccc2C(=O)N1CCCCCCCCCCCS. The second-order valence-electron chi connectivity index (χ2n) is 6.21. The van der Waals surface area contributed by atoms with E-state index in [1.165, 1.54) is 49.8 Å². The van der Waals surface area contributed by atoms with Gasteiger partial charge in [0, 0.05) is 6.54 Å². The third-order valence-corrected chi connectivity index (χ3v) is 4.73. The third-order valence-electron chi connectivity index (χ3n) is 4.42. The summed E-state index contributed by atoms with van der Waals surface area (Å²) in [6.07, 6.45) is 10.9. The van der Waals surface area contributed by atoms with Crippen molar-refractivity contribution in [3.8, 4) is 0 Å². The zero-order valence-electron chi connectivity index (χ0n) is 13.8. The van der Waals surface area contributed by atoms with E-state index < -0.39 is 0 Å². The molecule has 2 amide bonds. The first-order valence-electron chi connectivity index (χ1n) is 8.82. The Balaban J connectivity index is 1.57. The molecule has 2 rings (SSSR count). The van der Waals surface area contributed by atoms with E-state index in [9.17, 15) is 9.59 Å². The summed E-state index contributed by atoms with van der Waals surface area (Å²) in [5.41, 5.74) is 1.11. The van der Waals surface area contributed by atoms with Gasteiger partial charge in [0.1, 0.15) is 0 Å². The van der Waals surface area contributed by atoms with Crippen molar-refractivity contribution in [1.29, 1.82) is 0 Å². The highest BCUT2D eigenvalue weighted by molar-refractivity contribution is 7.80. The van der Waals surface area contributed by atoms with Crippen LogP contribution in [0.15, 0.2) is 24.3 Å². The number of thiol groups is 1. The lowest BCUT2D eigenvalue weighted by Crippen LogP contribution is -2.30. The molecule has 0 spiro atoms. The standard InChI is InChI=1S/C19H27NO2S/c21-18-16-12-8-9-13-17(16)19(22)20(18)14-10-6-4-2-1-3-5-7-11-15-23/h8-9,12-13,23H,1-7,10-11,14-15H2. The molecule has 0 atom stereocenters. The topological polar surface area (TPSA) is 37.4 Å². The van der Waals surface area contributed by atoms with Gasteiger partial charge in [-0.3, -0.25) is 14.5 Å². The van der Waals surface area contributed by atoms with Crippen LogP contribution in [0.4, 0.5) is 0 Å². The van der Waals surface area contributed by atoms with Crippen LogP contribution in [0, 0.1) is 0 Å². The predicted molar refractivity (Wildman–Crippen MR) is 97.2 cm³/mol. The fourth-order valence-corrected chi connectivity index (χ4v) is 3.28. The van der Waals surface area contributed by atoms with Gasteiger partial charge in [-0.2, -0.15) is 12.6 Å². The van der Waals surface area contributed by atoms with Crippen molar-refractivity contribution in [3.05, 3.63) is 35.4 Å². The summed E-state index contributed by atoms with van der Waals surface area (Å²) >= 11 is 4.22. The minimum absolute atomic E-state index is 0.130. The normalized spacial score (nSPS) is 13.7. The molecule has 0 saturated carbocycles. The average Bonchev–Trinajstić information content (AvgIpc) is 2.81. The molecule has 0 bridgehead atoms. The van der Waals surface area contributed by atoms with Crippen LogP contribution in [0.2, 0.25) is 0 Å². The number of rotatable bonds is 11. The average molecular weight is 333 g/mol. The van der Waals surface area contributed by atoms with E-state index in [0.29, 0.717) is 17.7 Å². The molecule has 0 fully saturated rings. The van der Waals surface area contributed by atoms with Gasteiger partial charge in [0.2, 0.25) is 0 Å². The van der Waals surface area contributed by atoms with E-state index in [1.807, 2.05) is 12.1 Å². The maximum absolute atomic E-state index is 12.2. The molecular formula is C19H27NO2S. The van der Waals surface area contributed by atoms with Gasteiger partial charge in [-0.05, 0) is 30.7 Å². The van der Waals surface area contributed by atoms with E-state index in [0.717, 1.165) is 18.6 Å². The number of unbranched alkanes of at least 4 members (excludes halogenated alkanes) is 8. The molecule has 0 unspecified atom stereocenters. The summed E-state index contributed by atoms with van der Waals surface area (Å²) < 4.78 is 0. The van der Waals surface area contributed by atoms with Gasteiger partial charge in [-0.25, -0.2) is 0 Å². The molecule has 3 nitrogen and oxygen atoms in total. The van der Waals surface area contributed by atoms with Crippen LogP contribution >= 0.6 is 12.6 Å². The molecule has 0 aliphatic carbocycles. The van der Waals surface area contributed by atoms with Gasteiger partial charge < -0.3 is 0 Å². The van der Waals surface area contributed by atoms with Gasteiger partial charge in [0.05, 0.1) is 11.1 Å². The Bertz CT molecular complexity index is 495. The van der Waals surface area contributed by atoms with E-state index in [4.69, 9.17) is 0 Å². The number of carbonyl (C=O) groups is 2. The molecule has 1 heterocycles. The number of imide groups is 1. The second-order valence-corrected chi connectivity index (χ2v) is 6.66. The second kappa shape index (κ2) is 9.76. The predicted octanol–water partition coefficient (Wildman–Crippen LogP) is 4.72. The number of fused-ring (bicyclic) bond motifs is 1. The fourth-order valence-electron chi connectivity index (χ4n) is 3.06. The number of carbonyl (C=O) groups excluding carboxylic acids is 2. The minimum atomic E-state index is -0.130. The summed E-state index contributed by atoms with van der Waals surface area (Å²) in [6, 6.07) is 7.10. The van der Waals surface area contributed by atoms with E-state index in [-0.39, 0.29) is 11.8 Å². The highest BCUT2D eigenvalue weighted by Gasteiger charge is 2.34. The molecule has 23 heavy (non-hydrogen) atoms. The van der Waals surface area contributed by atoms with Crippen molar-refractivity contribution in [2.75, 3.05) is 12.3 Å². The van der Waals surface area contributed by atoms with Crippen molar-refractivity contribution in [2.24, 2.45) is 0 Å². The molecule has 1 aliphatic rings. The number of hydrogen-bond acceptors (Lipinski definition) is 3. The molecule has 4 heteroatoms. The van der Waals surface area contributed by atoms with Crippen molar-refractivity contribution < 1.29 is 9.59 Å². The minimum Gasteiger partial charge on any atom is -0.274 e. The summed E-state index contributed by atoms with van der Waals surface area (Å²) in [5.74, 6) is 0.738. The van der Waals surface area contributed by atoms with Crippen molar-refractivity contribution in [2.45, 2.75) is 57.8 Å². The number of amides is 2. The first-order chi connectivity index (χ1) is 11.3. The quantitative estimate of drug-likeness (QED) is 0.361. The van der Waals surface area contributed by atoms with Gasteiger partial charge in [-0.15, -0.1) is 0 Å². The van der Waals surface area contributed by atoms with Crippen LogP contribution in [-0.2, 0) is 0 Å². The van der Waals surface area contributed by atoms with Crippen LogP contribution in [-0.4, -0.2) is 29.0 Å². The smallest absolute Gasteiger partial charge is 0.261 e. The molecule has 0 aromatic heterocycles. The van der Waals surface area contributed by atoms with Crippen LogP contribution < -0.4 is 0 Å². The molecule has 0 N–H and O–H groups in total. The highest BCUT2D eigenvalue weighted by Crippen LogP contribution is 2.22. The Hall–Kier alpha value is -1.29. The Morgan fingerprint density at radius 3 is 1.61 bits per heavy atom. The Kier molecular flexibility index (Phi) is 7.66. The van der Waals surface area contributed by atoms with E-state index in [1.54, 1.807) is 12.1 Å². The van der Waals surface area contributed by atoms with Crippen LogP contribution in [0.1, 0.15) is 78.5 Å².